The Kier molecular flexibility index (Phi) is 4.89. The van der Waals surface area contributed by atoms with Gasteiger partial charge in [0.25, 0.3) is 5.91 Å². The van der Waals surface area contributed by atoms with E-state index in [1.807, 2.05) is 24.3 Å². The number of rotatable bonds is 2. The van der Waals surface area contributed by atoms with Crippen molar-refractivity contribution in [3.63, 3.8) is 0 Å². The summed E-state index contributed by atoms with van der Waals surface area (Å²) in [7, 11) is 0. The van der Waals surface area contributed by atoms with Crippen molar-refractivity contribution in [2.75, 3.05) is 0 Å². The van der Waals surface area contributed by atoms with Crippen molar-refractivity contribution in [2.24, 2.45) is 4.99 Å². The molecule has 2 aromatic rings. The lowest BCUT2D eigenvalue weighted by atomic mass is 10.2. The van der Waals surface area contributed by atoms with Gasteiger partial charge in [0.1, 0.15) is 5.75 Å². The molecular weight excluding hydrogens is 444 g/mol. The van der Waals surface area contributed by atoms with Crippen LogP contribution in [0.3, 0.4) is 0 Å². The van der Waals surface area contributed by atoms with E-state index >= 15 is 0 Å². The van der Waals surface area contributed by atoms with Gasteiger partial charge in [-0.1, -0.05) is 31.9 Å². The van der Waals surface area contributed by atoms with Crippen molar-refractivity contribution in [2.45, 2.75) is 0 Å². The number of nitrogens with zero attached hydrogens (tertiary/aromatic N) is 1. The smallest absolute Gasteiger partial charge is 0.264 e. The monoisotopic (exact) mass is 452 g/mol. The summed E-state index contributed by atoms with van der Waals surface area (Å²) in [6.07, 6.45) is 1.72. The molecule has 2 aromatic carbocycles. The van der Waals surface area contributed by atoms with Crippen LogP contribution in [-0.2, 0) is 4.79 Å². The van der Waals surface area contributed by atoms with E-state index in [0.717, 1.165) is 20.2 Å². The van der Waals surface area contributed by atoms with Crippen LogP contribution in [0.25, 0.3) is 6.08 Å². The molecule has 0 bridgehead atoms. The van der Waals surface area contributed by atoms with Crippen molar-refractivity contribution in [3.8, 4) is 5.75 Å². The first-order valence-corrected chi connectivity index (χ1v) is 8.95. The fourth-order valence-corrected chi connectivity index (χ4v) is 3.35. The van der Waals surface area contributed by atoms with Crippen molar-refractivity contribution < 1.29 is 9.90 Å². The number of carbonyl (C=O) groups excluding carboxylic acids is 1. The van der Waals surface area contributed by atoms with Crippen LogP contribution in [0, 0.1) is 0 Å². The van der Waals surface area contributed by atoms with E-state index in [-0.39, 0.29) is 11.7 Å². The molecule has 0 unspecified atom stereocenters. The molecule has 0 radical (unpaired) electrons. The number of amides is 1. The first-order chi connectivity index (χ1) is 11.0. The largest absolute Gasteiger partial charge is 0.508 e. The minimum Gasteiger partial charge on any atom is -0.508 e. The predicted molar refractivity (Wildman–Crippen MR) is 101 cm³/mol. The molecule has 1 saturated heterocycles. The predicted octanol–water partition coefficient (Wildman–Crippen LogP) is 4.81. The molecule has 2 N–H and O–H groups in total. The zero-order chi connectivity index (χ0) is 16.4. The highest BCUT2D eigenvalue weighted by Crippen LogP contribution is 2.31. The second-order valence-electron chi connectivity index (χ2n) is 4.66. The number of hydrogen-bond acceptors (Lipinski definition) is 4. The summed E-state index contributed by atoms with van der Waals surface area (Å²) < 4.78 is 1.77. The van der Waals surface area contributed by atoms with Gasteiger partial charge in [-0.3, -0.25) is 4.79 Å². The molecule has 1 amide bonds. The zero-order valence-corrected chi connectivity index (χ0v) is 15.6. The first kappa shape index (κ1) is 16.3. The quantitative estimate of drug-likeness (QED) is 0.641. The van der Waals surface area contributed by atoms with Crippen LogP contribution in [0.1, 0.15) is 5.56 Å². The lowest BCUT2D eigenvalue weighted by molar-refractivity contribution is -0.115. The normalized spacial score (nSPS) is 17.7. The Balaban J connectivity index is 1.86. The highest BCUT2D eigenvalue weighted by molar-refractivity contribution is 9.10. The molecule has 7 heteroatoms. The number of aromatic hydroxyl groups is 1. The van der Waals surface area contributed by atoms with Gasteiger partial charge in [-0.2, -0.15) is 0 Å². The topological polar surface area (TPSA) is 61.7 Å². The Morgan fingerprint density at radius 3 is 2.61 bits per heavy atom. The highest BCUT2D eigenvalue weighted by Gasteiger charge is 2.24. The van der Waals surface area contributed by atoms with Gasteiger partial charge >= 0.3 is 0 Å². The highest BCUT2D eigenvalue weighted by atomic mass is 79.9. The van der Waals surface area contributed by atoms with Crippen molar-refractivity contribution in [1.29, 1.82) is 0 Å². The van der Waals surface area contributed by atoms with Crippen molar-refractivity contribution >= 4 is 66.5 Å². The van der Waals surface area contributed by atoms with E-state index in [4.69, 9.17) is 0 Å². The number of carbonyl (C=O) groups is 1. The van der Waals surface area contributed by atoms with Gasteiger partial charge in [-0.25, -0.2) is 4.99 Å². The molecule has 0 aromatic heterocycles. The molecular formula is C16H10Br2N2O2S. The SMILES string of the molecule is O=C1NC(=Nc2ccc(Br)cc2)S/C1=C/c1cc(O)ccc1Br. The molecule has 4 nitrogen and oxygen atoms in total. The number of thioether (sulfide) groups is 1. The van der Waals surface area contributed by atoms with Gasteiger partial charge in [-0.15, -0.1) is 0 Å². The van der Waals surface area contributed by atoms with Gasteiger partial charge in [-0.05, 0) is 65.9 Å². The molecule has 1 heterocycles. The summed E-state index contributed by atoms with van der Waals surface area (Å²) in [4.78, 5) is 17.0. The van der Waals surface area contributed by atoms with Crippen molar-refractivity contribution in [3.05, 3.63) is 61.9 Å². The third-order valence-corrected chi connectivity index (χ3v) is 5.14. The molecule has 0 saturated carbocycles. The van der Waals surface area contributed by atoms with Crippen LogP contribution in [0.15, 0.2) is 61.3 Å². The molecule has 23 heavy (non-hydrogen) atoms. The molecule has 1 fully saturated rings. The van der Waals surface area contributed by atoms with Crippen LogP contribution < -0.4 is 5.32 Å². The number of hydrogen-bond donors (Lipinski definition) is 2. The Hall–Kier alpha value is -1.57. The lowest BCUT2D eigenvalue weighted by Gasteiger charge is -2.00. The van der Waals surface area contributed by atoms with E-state index in [9.17, 15) is 9.90 Å². The minimum atomic E-state index is -0.207. The molecule has 1 aliphatic heterocycles. The summed E-state index contributed by atoms with van der Waals surface area (Å²) in [6, 6.07) is 12.4. The minimum absolute atomic E-state index is 0.146. The standard InChI is InChI=1S/C16H10Br2N2O2S/c17-10-1-3-11(4-2-10)19-16-20-15(22)14(23-16)8-9-7-12(21)5-6-13(9)18/h1-8,21H,(H,19,20,22)/b14-8+. The Morgan fingerprint density at radius 1 is 1.13 bits per heavy atom. The average Bonchev–Trinajstić information content (AvgIpc) is 2.85. The van der Waals surface area contributed by atoms with Gasteiger partial charge in [0.05, 0.1) is 10.6 Å². The maximum atomic E-state index is 12.1. The number of phenols is 1. The van der Waals surface area contributed by atoms with Gasteiger partial charge in [0.2, 0.25) is 0 Å². The Morgan fingerprint density at radius 2 is 1.87 bits per heavy atom. The number of nitrogens with one attached hydrogen (secondary N) is 1. The van der Waals surface area contributed by atoms with Gasteiger partial charge in [0, 0.05) is 8.95 Å². The number of phenolic OH excluding ortho intramolecular Hbond substituents is 1. The van der Waals surface area contributed by atoms with Crippen LogP contribution in [0.5, 0.6) is 5.75 Å². The van der Waals surface area contributed by atoms with E-state index in [1.54, 1.807) is 24.3 Å². The van der Waals surface area contributed by atoms with Crippen LogP contribution >= 0.6 is 43.6 Å². The third-order valence-electron chi connectivity index (χ3n) is 2.97. The second-order valence-corrected chi connectivity index (χ2v) is 7.46. The van der Waals surface area contributed by atoms with Crippen LogP contribution in [0.2, 0.25) is 0 Å². The molecule has 0 spiro atoms. The Bertz CT molecular complexity index is 832. The van der Waals surface area contributed by atoms with Crippen LogP contribution in [-0.4, -0.2) is 16.2 Å². The molecule has 1 aliphatic rings. The van der Waals surface area contributed by atoms with E-state index in [1.165, 1.54) is 11.8 Å². The molecule has 0 atom stereocenters. The maximum Gasteiger partial charge on any atom is 0.264 e. The number of halogens is 2. The summed E-state index contributed by atoms with van der Waals surface area (Å²) in [5, 5.41) is 12.8. The molecule has 3 rings (SSSR count). The Labute approximate surface area is 154 Å². The number of aliphatic imine (C=N–C) groups is 1. The average molecular weight is 454 g/mol. The van der Waals surface area contributed by atoms with Crippen molar-refractivity contribution in [1.82, 2.24) is 5.32 Å². The second kappa shape index (κ2) is 6.90. The summed E-state index contributed by atoms with van der Waals surface area (Å²) >= 11 is 8.03. The molecule has 0 aliphatic carbocycles. The van der Waals surface area contributed by atoms with E-state index < -0.39 is 0 Å². The number of amidine groups is 1. The maximum absolute atomic E-state index is 12.1. The molecule has 116 valence electrons. The summed E-state index contributed by atoms with van der Waals surface area (Å²) in [6.45, 7) is 0. The summed E-state index contributed by atoms with van der Waals surface area (Å²) in [5.41, 5.74) is 1.49. The van der Waals surface area contributed by atoms with Gasteiger partial charge in [0.15, 0.2) is 5.17 Å². The fourth-order valence-electron chi connectivity index (χ4n) is 1.90. The van der Waals surface area contributed by atoms with Crippen LogP contribution in [0.4, 0.5) is 5.69 Å². The fraction of sp³-hybridized carbons (Fsp3) is 0. The first-order valence-electron chi connectivity index (χ1n) is 6.55. The van der Waals surface area contributed by atoms with E-state index in [2.05, 4.69) is 42.2 Å². The zero-order valence-electron chi connectivity index (χ0n) is 11.6. The lowest BCUT2D eigenvalue weighted by Crippen LogP contribution is -2.19. The summed E-state index contributed by atoms with van der Waals surface area (Å²) in [5.74, 6) is -0.0617. The third kappa shape index (κ3) is 4.04. The van der Waals surface area contributed by atoms with E-state index in [0.29, 0.717) is 10.1 Å². The number of benzene rings is 2. The van der Waals surface area contributed by atoms with Gasteiger partial charge < -0.3 is 10.4 Å².